The van der Waals surface area contributed by atoms with E-state index in [9.17, 15) is 13.0 Å². The highest BCUT2D eigenvalue weighted by Gasteiger charge is 2.34. The van der Waals surface area contributed by atoms with Gasteiger partial charge in [0.1, 0.15) is 0 Å². The Labute approximate surface area is 153 Å². The van der Waals surface area contributed by atoms with Crippen LogP contribution in [0.1, 0.15) is 92.4 Å². The summed E-state index contributed by atoms with van der Waals surface area (Å²) in [6, 6.07) is 0. The van der Waals surface area contributed by atoms with Crippen LogP contribution in [0.25, 0.3) is 0 Å². The lowest BCUT2D eigenvalue weighted by Gasteiger charge is -2.28. The van der Waals surface area contributed by atoms with Gasteiger partial charge in [-0.15, -0.1) is 0 Å². The van der Waals surface area contributed by atoms with Crippen molar-refractivity contribution in [3.05, 3.63) is 0 Å². The molecule has 24 heavy (non-hydrogen) atoms. The smallest absolute Gasteiger partial charge is 0.0945 e. The van der Waals surface area contributed by atoms with E-state index >= 15 is 0 Å². The van der Waals surface area contributed by atoms with E-state index in [0.29, 0.717) is 6.42 Å². The topological polar surface area (TPSA) is 57.2 Å². The zero-order chi connectivity index (χ0) is 18.9. The highest BCUT2D eigenvalue weighted by molar-refractivity contribution is 7.85. The van der Waals surface area contributed by atoms with Gasteiger partial charge in [0, 0.05) is 13.0 Å². The Kier molecular flexibility index (Phi) is 18.6. The Morgan fingerprint density at radius 1 is 0.625 bits per heavy atom. The maximum absolute atomic E-state index is 9.68. The van der Waals surface area contributed by atoms with E-state index in [1.165, 1.54) is 51.4 Å². The van der Waals surface area contributed by atoms with Gasteiger partial charge >= 0.3 is 0 Å². The van der Waals surface area contributed by atoms with E-state index in [4.69, 9.17) is 0 Å². The Morgan fingerprint density at radius 2 is 0.917 bits per heavy atom. The van der Waals surface area contributed by atoms with Gasteiger partial charge < -0.3 is 4.55 Å². The van der Waals surface area contributed by atoms with E-state index in [1.807, 2.05) is 0 Å². The minimum Gasteiger partial charge on any atom is -0.748 e. The summed E-state index contributed by atoms with van der Waals surface area (Å²) in [4.78, 5) is 0. The third kappa shape index (κ3) is 17.2. The molecule has 0 aromatic heterocycles. The largest absolute Gasteiger partial charge is 0.748 e. The van der Waals surface area contributed by atoms with Crippen molar-refractivity contribution in [2.75, 3.05) is 30.4 Å². The van der Waals surface area contributed by atoms with Crippen molar-refractivity contribution < 1.29 is 13.0 Å². The monoisotopic (exact) mass is 382 g/mol. The first-order chi connectivity index (χ1) is 11.3. The number of hydrogen-bond donors (Lipinski definition) is 0. The van der Waals surface area contributed by atoms with Crippen LogP contribution in [0.5, 0.6) is 0 Å². The summed E-state index contributed by atoms with van der Waals surface area (Å²) in [5.74, 6) is -0.243. The second-order valence-electron chi connectivity index (χ2n) is 6.91. The second kappa shape index (κ2) is 16.8. The molecule has 0 rings (SSSR count). The van der Waals surface area contributed by atoms with E-state index in [2.05, 4.69) is 27.7 Å². The molecular weight excluding hydrogens is 339 g/mol. The average Bonchev–Trinajstić information content (AvgIpc) is 2.53. The average molecular weight is 383 g/mol. The van der Waals surface area contributed by atoms with E-state index in [1.54, 1.807) is 31.6 Å². The minimum absolute atomic E-state index is 0.243. The molecule has 0 aliphatic carbocycles. The quantitative estimate of drug-likeness (QED) is 0.267. The molecule has 0 aromatic carbocycles. The summed E-state index contributed by atoms with van der Waals surface area (Å²) in [6.45, 7) is 11.1. The van der Waals surface area contributed by atoms with Gasteiger partial charge in [0.05, 0.1) is 34.8 Å². The Morgan fingerprint density at radius 3 is 1.04 bits per heavy atom. The normalized spacial score (nSPS) is 11.9. The lowest BCUT2D eigenvalue weighted by molar-refractivity contribution is 0.462. The molecule has 0 atom stereocenters. The van der Waals surface area contributed by atoms with E-state index < -0.39 is 17.4 Å². The number of rotatable bonds is 14. The molecule has 0 aliphatic rings. The second-order valence-corrected chi connectivity index (χ2v) is 12.9. The maximum atomic E-state index is 9.68. The summed E-state index contributed by atoms with van der Waals surface area (Å²) in [5.41, 5.74) is 0. The molecule has 0 saturated heterocycles. The fraction of sp³-hybridized carbons (Fsp3) is 1.00. The van der Waals surface area contributed by atoms with Gasteiger partial charge in [-0.1, -0.05) is 60.3 Å². The fourth-order valence-electron chi connectivity index (χ4n) is 2.89. The van der Waals surface area contributed by atoms with Gasteiger partial charge in [0.2, 0.25) is 0 Å². The lowest BCUT2D eigenvalue weighted by Crippen LogP contribution is -2.12. The van der Waals surface area contributed by atoms with Crippen molar-refractivity contribution in [2.24, 2.45) is 0 Å². The first-order valence-corrected chi connectivity index (χ1v) is 14.2. The standard InChI is InChI=1S/C16H36P.C3H8O3S/c1-5-9-13-17(14-10-6-2,15-11-7-3)16-12-8-4;1-2-3-7(4,5)6/h5-16H2,1-4H3;2-3H2,1H3,(H,4,5,6)/q+1;/p-1. The van der Waals surface area contributed by atoms with Gasteiger partial charge in [-0.25, -0.2) is 8.42 Å². The predicted molar refractivity (Wildman–Crippen MR) is 111 cm³/mol. The van der Waals surface area contributed by atoms with Gasteiger partial charge in [0.25, 0.3) is 0 Å². The third-order valence-corrected chi connectivity index (χ3v) is 10.4. The van der Waals surface area contributed by atoms with Gasteiger partial charge in [0.15, 0.2) is 0 Å². The Bertz CT molecular complexity index is 318. The Hall–Kier alpha value is 0.340. The molecule has 0 radical (unpaired) electrons. The summed E-state index contributed by atoms with van der Waals surface area (Å²) in [7, 11) is -4.49. The molecule has 0 aromatic rings. The SMILES string of the molecule is CCCC[P+](CCCC)(CCCC)CCCC.CCCS(=O)(=O)[O-]. The summed E-state index contributed by atoms with van der Waals surface area (Å²) < 4.78 is 29.0. The van der Waals surface area contributed by atoms with Crippen LogP contribution in [0.2, 0.25) is 0 Å². The molecule has 0 fully saturated rings. The molecule has 0 unspecified atom stereocenters. The highest BCUT2D eigenvalue weighted by atomic mass is 32.2. The van der Waals surface area contributed by atoms with Crippen LogP contribution < -0.4 is 0 Å². The minimum atomic E-state index is -3.92. The molecule has 3 nitrogen and oxygen atoms in total. The Balaban J connectivity index is 0. The molecule has 0 heterocycles. The van der Waals surface area contributed by atoms with Crippen molar-refractivity contribution in [1.29, 1.82) is 0 Å². The predicted octanol–water partition coefficient (Wildman–Crippen LogP) is 6.15. The van der Waals surface area contributed by atoms with Gasteiger partial charge in [-0.05, 0) is 32.1 Å². The molecule has 0 amide bonds. The summed E-state index contributed by atoms with van der Waals surface area (Å²) in [5, 5.41) is 0. The van der Waals surface area contributed by atoms with E-state index in [-0.39, 0.29) is 5.75 Å². The molecule has 5 heteroatoms. The van der Waals surface area contributed by atoms with Crippen molar-refractivity contribution in [1.82, 2.24) is 0 Å². The van der Waals surface area contributed by atoms with Gasteiger partial charge in [-0.3, -0.25) is 0 Å². The molecule has 0 spiro atoms. The van der Waals surface area contributed by atoms with Crippen molar-refractivity contribution in [2.45, 2.75) is 92.4 Å². The highest BCUT2D eigenvalue weighted by Crippen LogP contribution is 2.61. The van der Waals surface area contributed by atoms with Crippen LogP contribution in [0.15, 0.2) is 0 Å². The summed E-state index contributed by atoms with van der Waals surface area (Å²) in [6.07, 6.45) is 18.4. The number of hydrogen-bond acceptors (Lipinski definition) is 3. The molecular formula is C19H43O3PS. The van der Waals surface area contributed by atoms with Crippen LogP contribution in [-0.2, 0) is 10.1 Å². The molecule has 0 N–H and O–H groups in total. The lowest BCUT2D eigenvalue weighted by atomic mass is 10.4. The third-order valence-electron chi connectivity index (χ3n) is 4.40. The zero-order valence-corrected chi connectivity index (χ0v) is 18.7. The van der Waals surface area contributed by atoms with Crippen LogP contribution in [0, 0.1) is 0 Å². The zero-order valence-electron chi connectivity index (χ0n) is 17.0. The van der Waals surface area contributed by atoms with E-state index in [0.717, 1.165) is 0 Å². The van der Waals surface area contributed by atoms with Crippen LogP contribution in [-0.4, -0.2) is 43.4 Å². The van der Waals surface area contributed by atoms with Gasteiger partial charge in [-0.2, -0.15) is 0 Å². The molecule has 0 saturated carbocycles. The summed E-state index contributed by atoms with van der Waals surface area (Å²) >= 11 is 0. The molecule has 0 aliphatic heterocycles. The van der Waals surface area contributed by atoms with Crippen molar-refractivity contribution >= 4 is 17.4 Å². The fourth-order valence-corrected chi connectivity index (χ4v) is 8.68. The van der Waals surface area contributed by atoms with Crippen LogP contribution in [0.3, 0.4) is 0 Å². The maximum Gasteiger partial charge on any atom is 0.0945 e. The molecule has 0 bridgehead atoms. The van der Waals surface area contributed by atoms with Crippen LogP contribution in [0.4, 0.5) is 0 Å². The first kappa shape index (κ1) is 26.6. The first-order valence-electron chi connectivity index (χ1n) is 10.1. The molecule has 148 valence electrons. The van der Waals surface area contributed by atoms with Crippen molar-refractivity contribution in [3.63, 3.8) is 0 Å². The van der Waals surface area contributed by atoms with Crippen LogP contribution >= 0.6 is 7.26 Å². The van der Waals surface area contributed by atoms with Crippen molar-refractivity contribution in [3.8, 4) is 0 Å². The number of unbranched alkanes of at least 4 members (excludes halogenated alkanes) is 4.